The van der Waals surface area contributed by atoms with E-state index in [2.05, 4.69) is 18.3 Å². The van der Waals surface area contributed by atoms with Gasteiger partial charge in [0.05, 0.1) is 16.3 Å². The fourth-order valence-corrected chi connectivity index (χ4v) is 2.60. The Kier molecular flexibility index (Phi) is 5.00. The van der Waals surface area contributed by atoms with Crippen molar-refractivity contribution in [1.82, 2.24) is 9.78 Å². The van der Waals surface area contributed by atoms with Crippen LogP contribution < -0.4 is 5.14 Å². The quantitative estimate of drug-likeness (QED) is 0.822. The molecule has 0 fully saturated rings. The van der Waals surface area contributed by atoms with Gasteiger partial charge in [-0.1, -0.05) is 31.4 Å². The van der Waals surface area contributed by atoms with Gasteiger partial charge in [0.2, 0.25) is 10.0 Å². The molecule has 5 nitrogen and oxygen atoms in total. The van der Waals surface area contributed by atoms with Crippen LogP contribution in [0.2, 0.25) is 0 Å². The lowest BCUT2D eigenvalue weighted by atomic mass is 10.1. The van der Waals surface area contributed by atoms with E-state index in [4.69, 9.17) is 5.14 Å². The van der Waals surface area contributed by atoms with Crippen LogP contribution in [-0.4, -0.2) is 18.2 Å². The van der Waals surface area contributed by atoms with Gasteiger partial charge in [0.1, 0.15) is 0 Å². The van der Waals surface area contributed by atoms with E-state index >= 15 is 0 Å². The average molecular weight is 369 g/mol. The Morgan fingerprint density at radius 3 is 2.24 bits per heavy atom. The maximum Gasteiger partial charge on any atom is 0.435 e. The number of benzene rings is 1. The first-order valence-electron chi connectivity index (χ1n) is 6.84. The highest BCUT2D eigenvalue weighted by Crippen LogP contribution is 2.32. The molecular formula is C16H14F3N3O2S. The van der Waals surface area contributed by atoms with Crippen LogP contribution in [0.3, 0.4) is 0 Å². The number of sulfonamides is 1. The zero-order chi connectivity index (χ0) is 18.8. The van der Waals surface area contributed by atoms with E-state index in [0.717, 1.165) is 10.7 Å². The molecule has 132 valence electrons. The van der Waals surface area contributed by atoms with Crippen LogP contribution >= 0.6 is 0 Å². The summed E-state index contributed by atoms with van der Waals surface area (Å²) < 4.78 is 62.7. The van der Waals surface area contributed by atoms with Crippen LogP contribution in [0.25, 0.3) is 11.3 Å². The first kappa shape index (κ1) is 18.7. The molecule has 25 heavy (non-hydrogen) atoms. The number of allylic oxidation sites excluding steroid dienone is 4. The normalized spacial score (nSPS) is 12.9. The summed E-state index contributed by atoms with van der Waals surface area (Å²) in [6.45, 7) is 7.09. The van der Waals surface area contributed by atoms with E-state index in [1.54, 1.807) is 0 Å². The Balaban J connectivity index is 2.67. The molecule has 0 unspecified atom stereocenters. The van der Waals surface area contributed by atoms with Gasteiger partial charge in [0.25, 0.3) is 0 Å². The van der Waals surface area contributed by atoms with E-state index < -0.39 is 21.9 Å². The van der Waals surface area contributed by atoms with E-state index in [1.165, 1.54) is 42.5 Å². The van der Waals surface area contributed by atoms with Crippen LogP contribution in [-0.2, 0) is 16.2 Å². The molecule has 1 heterocycles. The van der Waals surface area contributed by atoms with Crippen molar-refractivity contribution in [2.24, 2.45) is 5.14 Å². The Bertz CT molecular complexity index is 940. The number of aromatic nitrogens is 2. The van der Waals surface area contributed by atoms with Crippen molar-refractivity contribution in [3.05, 3.63) is 73.1 Å². The lowest BCUT2D eigenvalue weighted by molar-refractivity contribution is -0.141. The standard InChI is InChI=1S/C16H14F3N3O2S/c1-3-5-11(4-2)14-10-15(16(17,18)19)21-22(14)12-6-8-13(9-7-12)25(20,23)24/h3-10H,1-2H2,(H2,20,23,24)/b11-5+. The zero-order valence-electron chi connectivity index (χ0n) is 12.9. The SMILES string of the molecule is C=C/C=C(\C=C)c1cc(C(F)(F)F)nn1-c1ccc(S(N)(=O)=O)cc1. The predicted molar refractivity (Wildman–Crippen MR) is 88.3 cm³/mol. The molecule has 2 rings (SSSR count). The van der Waals surface area contributed by atoms with E-state index in [-0.39, 0.29) is 16.3 Å². The van der Waals surface area contributed by atoms with Crippen molar-refractivity contribution in [2.75, 3.05) is 0 Å². The molecule has 0 atom stereocenters. The highest BCUT2D eigenvalue weighted by molar-refractivity contribution is 7.89. The molecule has 2 aromatic rings. The second kappa shape index (κ2) is 6.69. The number of primary sulfonamides is 1. The number of rotatable bonds is 5. The monoisotopic (exact) mass is 369 g/mol. The molecule has 0 aliphatic carbocycles. The zero-order valence-corrected chi connectivity index (χ0v) is 13.7. The van der Waals surface area contributed by atoms with Crippen molar-refractivity contribution in [1.29, 1.82) is 0 Å². The fraction of sp³-hybridized carbons (Fsp3) is 0.0625. The molecule has 0 bridgehead atoms. The number of halogens is 3. The molecule has 2 N–H and O–H groups in total. The number of alkyl halides is 3. The third-order valence-electron chi connectivity index (χ3n) is 3.22. The number of nitrogens with zero attached hydrogens (tertiary/aromatic N) is 2. The minimum absolute atomic E-state index is 0.130. The summed E-state index contributed by atoms with van der Waals surface area (Å²) in [5.41, 5.74) is -0.358. The second-order valence-electron chi connectivity index (χ2n) is 4.93. The lowest BCUT2D eigenvalue weighted by Gasteiger charge is -2.08. The summed E-state index contributed by atoms with van der Waals surface area (Å²) in [5.74, 6) is 0. The molecule has 0 spiro atoms. The van der Waals surface area contributed by atoms with E-state index in [1.807, 2.05) is 0 Å². The van der Waals surface area contributed by atoms with Crippen molar-refractivity contribution in [3.63, 3.8) is 0 Å². The molecular weight excluding hydrogens is 355 g/mol. The van der Waals surface area contributed by atoms with Gasteiger partial charge in [0, 0.05) is 0 Å². The third kappa shape index (κ3) is 4.06. The topological polar surface area (TPSA) is 78.0 Å². The molecule has 0 amide bonds. The maximum atomic E-state index is 13.0. The van der Waals surface area contributed by atoms with Crippen LogP contribution in [0, 0.1) is 0 Å². The van der Waals surface area contributed by atoms with Gasteiger partial charge in [-0.05, 0) is 35.9 Å². The summed E-state index contributed by atoms with van der Waals surface area (Å²) in [7, 11) is -3.91. The number of hydrogen-bond acceptors (Lipinski definition) is 3. The van der Waals surface area contributed by atoms with Crippen molar-refractivity contribution < 1.29 is 21.6 Å². The first-order valence-corrected chi connectivity index (χ1v) is 8.38. The number of hydrogen-bond donors (Lipinski definition) is 1. The van der Waals surface area contributed by atoms with Gasteiger partial charge in [-0.25, -0.2) is 18.2 Å². The number of nitrogens with two attached hydrogens (primary N) is 1. The maximum absolute atomic E-state index is 13.0. The molecule has 0 aliphatic rings. The Hall–Kier alpha value is -2.65. The van der Waals surface area contributed by atoms with Gasteiger partial charge in [-0.2, -0.15) is 18.3 Å². The highest BCUT2D eigenvalue weighted by Gasteiger charge is 2.35. The van der Waals surface area contributed by atoms with E-state index in [0.29, 0.717) is 5.57 Å². The van der Waals surface area contributed by atoms with Gasteiger partial charge in [0.15, 0.2) is 5.69 Å². The Morgan fingerprint density at radius 1 is 1.20 bits per heavy atom. The summed E-state index contributed by atoms with van der Waals surface area (Å²) in [6.07, 6.45) is -0.375. The van der Waals surface area contributed by atoms with Crippen molar-refractivity contribution >= 4 is 15.6 Å². The van der Waals surface area contributed by atoms with Crippen LogP contribution in [0.15, 0.2) is 66.6 Å². The predicted octanol–water partition coefficient (Wildman–Crippen LogP) is 3.29. The van der Waals surface area contributed by atoms with Crippen molar-refractivity contribution in [3.8, 4) is 5.69 Å². The lowest BCUT2D eigenvalue weighted by Crippen LogP contribution is -2.12. The van der Waals surface area contributed by atoms with Crippen LogP contribution in [0.4, 0.5) is 13.2 Å². The summed E-state index contributed by atoms with van der Waals surface area (Å²) in [6, 6.07) is 5.88. The molecule has 0 saturated carbocycles. The summed E-state index contributed by atoms with van der Waals surface area (Å²) in [4.78, 5) is -0.161. The smallest absolute Gasteiger partial charge is 0.233 e. The first-order chi connectivity index (χ1) is 11.6. The highest BCUT2D eigenvalue weighted by atomic mass is 32.2. The molecule has 0 saturated heterocycles. The summed E-state index contributed by atoms with van der Waals surface area (Å²) in [5, 5.41) is 8.60. The average Bonchev–Trinajstić information content (AvgIpc) is 2.97. The molecule has 0 radical (unpaired) electrons. The fourth-order valence-electron chi connectivity index (χ4n) is 2.08. The van der Waals surface area contributed by atoms with Gasteiger partial charge < -0.3 is 0 Å². The largest absolute Gasteiger partial charge is 0.435 e. The third-order valence-corrected chi connectivity index (χ3v) is 4.15. The second-order valence-corrected chi connectivity index (χ2v) is 6.49. The molecule has 1 aromatic carbocycles. The molecule has 9 heteroatoms. The van der Waals surface area contributed by atoms with Gasteiger partial charge in [-0.15, -0.1) is 0 Å². The molecule has 0 aliphatic heterocycles. The minimum Gasteiger partial charge on any atom is -0.233 e. The summed E-state index contributed by atoms with van der Waals surface area (Å²) >= 11 is 0. The Morgan fingerprint density at radius 2 is 1.80 bits per heavy atom. The van der Waals surface area contributed by atoms with Crippen molar-refractivity contribution in [2.45, 2.75) is 11.1 Å². The van der Waals surface area contributed by atoms with Gasteiger partial charge >= 0.3 is 6.18 Å². The van der Waals surface area contributed by atoms with Crippen LogP contribution in [0.5, 0.6) is 0 Å². The Labute approximate surface area is 142 Å². The van der Waals surface area contributed by atoms with Gasteiger partial charge in [-0.3, -0.25) is 0 Å². The minimum atomic E-state index is -4.64. The molecule has 1 aromatic heterocycles. The van der Waals surface area contributed by atoms with Crippen LogP contribution in [0.1, 0.15) is 11.4 Å². The van der Waals surface area contributed by atoms with E-state index in [9.17, 15) is 21.6 Å².